The van der Waals surface area contributed by atoms with Gasteiger partial charge in [0.2, 0.25) is 5.75 Å². The maximum Gasteiger partial charge on any atom is 0.314 e. The minimum absolute atomic E-state index is 0.268. The van der Waals surface area contributed by atoms with Gasteiger partial charge in [-0.15, -0.1) is 0 Å². The zero-order valence-electron chi connectivity index (χ0n) is 10.7. The van der Waals surface area contributed by atoms with Crippen LogP contribution in [-0.4, -0.2) is 16.5 Å². The van der Waals surface area contributed by atoms with Crippen LogP contribution in [0, 0.1) is 15.9 Å². The molecule has 0 bridgehead atoms. The van der Waals surface area contributed by atoms with Crippen LogP contribution in [0.25, 0.3) is 0 Å². The van der Waals surface area contributed by atoms with Crippen molar-refractivity contribution in [2.24, 2.45) is 0 Å². The molecule has 0 amide bonds. The molecule has 0 atom stereocenters. The van der Waals surface area contributed by atoms with Gasteiger partial charge in [0.05, 0.1) is 4.92 Å². The van der Waals surface area contributed by atoms with E-state index >= 15 is 0 Å². The number of nitrogens with one attached hydrogen (secondary N) is 1. The second kappa shape index (κ2) is 5.96. The molecule has 0 saturated carbocycles. The average Bonchev–Trinajstić information content (AvgIpc) is 2.41. The molecule has 0 aliphatic heterocycles. The van der Waals surface area contributed by atoms with Crippen LogP contribution in [0.15, 0.2) is 36.5 Å². The summed E-state index contributed by atoms with van der Waals surface area (Å²) in [6.45, 7) is 2.56. The predicted octanol–water partition coefficient (Wildman–Crippen LogP) is 3.35. The summed E-state index contributed by atoms with van der Waals surface area (Å²) in [5.41, 5.74) is -0.424. The zero-order valence-corrected chi connectivity index (χ0v) is 10.7. The molecule has 2 rings (SSSR count). The Morgan fingerprint density at radius 2 is 2.25 bits per heavy atom. The molecule has 0 aliphatic rings. The fourth-order valence-electron chi connectivity index (χ4n) is 1.61. The second-order valence-corrected chi connectivity index (χ2v) is 3.85. The Labute approximate surface area is 114 Å². The maximum atomic E-state index is 13.7. The fourth-order valence-corrected chi connectivity index (χ4v) is 1.61. The summed E-state index contributed by atoms with van der Waals surface area (Å²) < 4.78 is 19.0. The minimum atomic E-state index is -0.791. The first-order valence-corrected chi connectivity index (χ1v) is 5.92. The van der Waals surface area contributed by atoms with Crippen molar-refractivity contribution in [1.82, 2.24) is 4.98 Å². The molecule has 1 N–H and O–H groups in total. The first-order valence-electron chi connectivity index (χ1n) is 5.92. The van der Waals surface area contributed by atoms with E-state index in [1.165, 1.54) is 24.4 Å². The number of nitro benzene ring substituents is 1. The van der Waals surface area contributed by atoms with E-state index in [9.17, 15) is 14.5 Å². The van der Waals surface area contributed by atoms with Gasteiger partial charge in [-0.05, 0) is 19.1 Å². The molecule has 7 heteroatoms. The number of ether oxygens (including phenoxy) is 1. The second-order valence-electron chi connectivity index (χ2n) is 3.85. The molecule has 20 heavy (non-hydrogen) atoms. The van der Waals surface area contributed by atoms with E-state index in [-0.39, 0.29) is 5.75 Å². The lowest BCUT2D eigenvalue weighted by atomic mass is 10.3. The smallest absolute Gasteiger partial charge is 0.314 e. The number of halogens is 1. The van der Waals surface area contributed by atoms with Crippen molar-refractivity contribution in [3.05, 3.63) is 52.5 Å². The van der Waals surface area contributed by atoms with Crippen molar-refractivity contribution in [3.8, 4) is 11.5 Å². The average molecular weight is 277 g/mol. The van der Waals surface area contributed by atoms with E-state index in [4.69, 9.17) is 4.74 Å². The van der Waals surface area contributed by atoms with E-state index in [0.717, 1.165) is 6.07 Å². The van der Waals surface area contributed by atoms with Gasteiger partial charge >= 0.3 is 5.69 Å². The molecule has 0 fully saturated rings. The molecule has 1 heterocycles. The quantitative estimate of drug-likeness (QED) is 0.669. The van der Waals surface area contributed by atoms with Crippen LogP contribution >= 0.6 is 0 Å². The van der Waals surface area contributed by atoms with Crippen molar-refractivity contribution in [2.45, 2.75) is 6.92 Å². The number of hydrogen-bond acceptors (Lipinski definition) is 5. The molecule has 1 aromatic heterocycles. The molecule has 2 aromatic rings. The van der Waals surface area contributed by atoms with Gasteiger partial charge < -0.3 is 10.1 Å². The topological polar surface area (TPSA) is 77.3 Å². The SMILES string of the molecule is CCNc1cc(Oc2c(F)cccc2[N+](=O)[O-])ccn1. The monoisotopic (exact) mass is 277 g/mol. The normalized spacial score (nSPS) is 10.1. The number of nitro groups is 1. The first kappa shape index (κ1) is 13.7. The molecular weight excluding hydrogens is 265 g/mol. The maximum absolute atomic E-state index is 13.7. The molecular formula is C13H12FN3O3. The highest BCUT2D eigenvalue weighted by molar-refractivity contribution is 5.50. The predicted molar refractivity (Wildman–Crippen MR) is 71.5 cm³/mol. The number of anilines is 1. The number of rotatable bonds is 5. The van der Waals surface area contributed by atoms with E-state index in [1.807, 2.05) is 6.92 Å². The van der Waals surface area contributed by atoms with Gasteiger partial charge in [-0.3, -0.25) is 10.1 Å². The highest BCUT2D eigenvalue weighted by atomic mass is 19.1. The number of hydrogen-bond donors (Lipinski definition) is 1. The molecule has 0 aliphatic carbocycles. The van der Waals surface area contributed by atoms with Crippen molar-refractivity contribution in [3.63, 3.8) is 0 Å². The molecule has 104 valence electrons. The Hall–Kier alpha value is -2.70. The summed E-state index contributed by atoms with van der Waals surface area (Å²) in [6, 6.07) is 6.59. The summed E-state index contributed by atoms with van der Waals surface area (Å²) in [6.07, 6.45) is 1.47. The van der Waals surface area contributed by atoms with E-state index in [1.54, 1.807) is 6.07 Å². The summed E-state index contributed by atoms with van der Waals surface area (Å²) in [7, 11) is 0. The lowest BCUT2D eigenvalue weighted by molar-refractivity contribution is -0.385. The van der Waals surface area contributed by atoms with Gasteiger partial charge in [-0.25, -0.2) is 9.37 Å². The molecule has 0 saturated heterocycles. The van der Waals surface area contributed by atoms with Crippen LogP contribution in [0.4, 0.5) is 15.9 Å². The van der Waals surface area contributed by atoms with Crippen LogP contribution in [0.3, 0.4) is 0 Å². The Morgan fingerprint density at radius 1 is 1.45 bits per heavy atom. The lowest BCUT2D eigenvalue weighted by Gasteiger charge is -2.08. The van der Waals surface area contributed by atoms with Gasteiger partial charge in [-0.2, -0.15) is 0 Å². The van der Waals surface area contributed by atoms with Gasteiger partial charge in [-0.1, -0.05) is 6.07 Å². The Kier molecular flexibility index (Phi) is 4.09. The number of aromatic nitrogens is 1. The van der Waals surface area contributed by atoms with Gasteiger partial charge in [0.15, 0.2) is 5.82 Å². The highest BCUT2D eigenvalue weighted by Gasteiger charge is 2.20. The van der Waals surface area contributed by atoms with Gasteiger partial charge in [0.1, 0.15) is 11.6 Å². The van der Waals surface area contributed by atoms with Crippen molar-refractivity contribution in [2.75, 3.05) is 11.9 Å². The third-order valence-electron chi connectivity index (χ3n) is 2.45. The van der Waals surface area contributed by atoms with Crippen LogP contribution in [0.1, 0.15) is 6.92 Å². The number of para-hydroxylation sites is 1. The van der Waals surface area contributed by atoms with Crippen molar-refractivity contribution in [1.29, 1.82) is 0 Å². The number of pyridine rings is 1. The fraction of sp³-hybridized carbons (Fsp3) is 0.154. The van der Waals surface area contributed by atoms with Crippen molar-refractivity contribution >= 4 is 11.5 Å². The highest BCUT2D eigenvalue weighted by Crippen LogP contribution is 2.34. The Bertz CT molecular complexity index is 634. The van der Waals surface area contributed by atoms with Crippen LogP contribution in [0.2, 0.25) is 0 Å². The molecule has 0 radical (unpaired) electrons. The summed E-state index contributed by atoms with van der Waals surface area (Å²) >= 11 is 0. The number of nitrogens with zero attached hydrogens (tertiary/aromatic N) is 2. The van der Waals surface area contributed by atoms with Crippen LogP contribution in [0.5, 0.6) is 11.5 Å². The molecule has 0 unspecified atom stereocenters. The minimum Gasteiger partial charge on any atom is -0.447 e. The van der Waals surface area contributed by atoms with Crippen LogP contribution < -0.4 is 10.1 Å². The number of benzene rings is 1. The molecule has 1 aromatic carbocycles. The summed E-state index contributed by atoms with van der Waals surface area (Å²) in [5.74, 6) is -0.389. The standard InChI is InChI=1S/C13H12FN3O3/c1-2-15-12-8-9(6-7-16-12)20-13-10(14)4-3-5-11(13)17(18)19/h3-8H,2H2,1H3,(H,15,16). The van der Waals surface area contributed by atoms with Gasteiger partial charge in [0.25, 0.3) is 0 Å². The Balaban J connectivity index is 2.34. The van der Waals surface area contributed by atoms with E-state index in [2.05, 4.69) is 10.3 Å². The third kappa shape index (κ3) is 3.00. The third-order valence-corrected chi connectivity index (χ3v) is 2.45. The van der Waals surface area contributed by atoms with Crippen LogP contribution in [-0.2, 0) is 0 Å². The van der Waals surface area contributed by atoms with E-state index in [0.29, 0.717) is 12.4 Å². The Morgan fingerprint density at radius 3 is 2.95 bits per heavy atom. The first-order chi connectivity index (χ1) is 9.61. The van der Waals surface area contributed by atoms with E-state index < -0.39 is 22.2 Å². The summed E-state index contributed by atoms with van der Waals surface area (Å²) in [5, 5.41) is 13.8. The summed E-state index contributed by atoms with van der Waals surface area (Å²) in [4.78, 5) is 14.2. The molecule has 0 spiro atoms. The largest absolute Gasteiger partial charge is 0.447 e. The van der Waals surface area contributed by atoms with Gasteiger partial charge in [0, 0.05) is 24.9 Å². The zero-order chi connectivity index (χ0) is 14.5. The molecule has 6 nitrogen and oxygen atoms in total. The lowest BCUT2D eigenvalue weighted by Crippen LogP contribution is -2.00. The van der Waals surface area contributed by atoms with Crippen molar-refractivity contribution < 1.29 is 14.1 Å².